The fourth-order valence-corrected chi connectivity index (χ4v) is 36.0. The fourth-order valence-electron chi connectivity index (χ4n) is 12.0. The van der Waals surface area contributed by atoms with Gasteiger partial charge in [-0.15, -0.1) is 0 Å². The molecule has 6 nitrogen and oxygen atoms in total. The summed E-state index contributed by atoms with van der Waals surface area (Å²) < 4.78 is 0. The van der Waals surface area contributed by atoms with Crippen molar-refractivity contribution in [2.75, 3.05) is 0 Å². The molecule has 0 unspecified atom stereocenters. The van der Waals surface area contributed by atoms with Gasteiger partial charge in [0.25, 0.3) is 0 Å². The van der Waals surface area contributed by atoms with Crippen LogP contribution in [-0.4, -0.2) is 49.9 Å². The van der Waals surface area contributed by atoms with Gasteiger partial charge >= 0.3 is 83.5 Å². The Hall–Kier alpha value is 3.81. The van der Waals surface area contributed by atoms with Crippen LogP contribution in [0.3, 0.4) is 0 Å². The van der Waals surface area contributed by atoms with E-state index in [-0.39, 0.29) is 83.5 Å². The van der Waals surface area contributed by atoms with E-state index in [0.717, 1.165) is 0 Å². The Kier molecular flexibility index (Phi) is 51.0. The van der Waals surface area contributed by atoms with Gasteiger partial charge in [-0.25, -0.2) is 0 Å². The smallest absolute Gasteiger partial charge is 0.858 e. The molecule has 68 heavy (non-hydrogen) atoms. The Morgan fingerprint density at radius 3 is 0.162 bits per heavy atom. The molecule has 0 aliphatic heterocycles. The summed E-state index contributed by atoms with van der Waals surface area (Å²) in [4.78, 5) is 74.0. The van der Waals surface area contributed by atoms with Crippen molar-refractivity contribution in [3.63, 3.8) is 0 Å². The topological polar surface area (TPSA) is 138 Å². The van der Waals surface area contributed by atoms with Gasteiger partial charge in [-0.2, -0.15) is 0 Å². The monoisotopic (exact) mass is 1320 g/mol. The maximum atomic E-state index is 12.3. The van der Waals surface area contributed by atoms with Crippen molar-refractivity contribution >= 4 is 49.9 Å². The fraction of sp³-hybridized carbons (Fsp3) is 1.00. The molecule has 14 heteroatoms. The second-order valence-electron chi connectivity index (χ2n) is 25.9. The van der Waals surface area contributed by atoms with Crippen molar-refractivity contribution < 1.29 is 112 Å². The van der Waals surface area contributed by atoms with E-state index < -0.39 is 49.9 Å². The van der Waals surface area contributed by atoms with E-state index in [2.05, 4.69) is 249 Å². The van der Waals surface area contributed by atoms with Crippen LogP contribution in [0.15, 0.2) is 0 Å². The first-order valence-corrected chi connectivity index (χ1v) is 40.0. The van der Waals surface area contributed by atoms with Crippen molar-refractivity contribution in [3.8, 4) is 0 Å². The Labute approximate surface area is 505 Å². The van der Waals surface area contributed by atoms with Crippen LogP contribution in [0.5, 0.6) is 0 Å². The van der Waals surface area contributed by atoms with Crippen LogP contribution < -0.4 is 28.8 Å². The van der Waals surface area contributed by atoms with Crippen LogP contribution in [0.25, 0.3) is 0 Å². The van der Waals surface area contributed by atoms with Crippen LogP contribution in [0.1, 0.15) is 249 Å². The molecule has 0 saturated heterocycles. The summed E-state index contributed by atoms with van der Waals surface area (Å²) in [5, 5.41) is 0. The summed E-state index contributed by atoms with van der Waals surface area (Å²) >= 11 is 0. The van der Waals surface area contributed by atoms with Gasteiger partial charge in [0.1, 0.15) is 0 Å². The zero-order chi connectivity index (χ0) is 55.4. The number of hydrogen-bond acceptors (Lipinski definition) is 6. The first-order chi connectivity index (χ1) is 29.0. The zero-order valence-electron chi connectivity index (χ0n) is 52.8. The average molecular weight is 1320 g/mol. The minimum absolute atomic E-state index is 0. The summed E-state index contributed by atoms with van der Waals surface area (Å²) in [5.41, 5.74) is 6.54. The minimum atomic E-state index is -2.23. The first kappa shape index (κ1) is 88.4. The molecule has 0 aliphatic rings. The predicted octanol–water partition coefficient (Wildman–Crippen LogP) is 15.1. The molecular formula is C54H126Ce2O6Si6. The minimum Gasteiger partial charge on any atom is -0.858 e. The molecule has 410 valence electrons. The van der Waals surface area contributed by atoms with E-state index in [0.29, 0.717) is 99.7 Å². The van der Waals surface area contributed by atoms with Gasteiger partial charge in [0.2, 0.25) is 0 Å². The standard InChI is InChI=1S/6C9H21OSi.2Ce/c6*1-7(2)11(10,8(3)4)9(5)6;;/h6*7-9H,1-6H3;;/q6*-1;2*+3. The maximum absolute atomic E-state index is 12.3. The molecule has 2 radical (unpaired) electrons. The van der Waals surface area contributed by atoms with Crippen molar-refractivity contribution in [1.82, 2.24) is 0 Å². The van der Waals surface area contributed by atoms with E-state index in [1.54, 1.807) is 0 Å². The van der Waals surface area contributed by atoms with E-state index in [1.165, 1.54) is 0 Å². The molecule has 0 aromatic heterocycles. The average Bonchev–Trinajstić information content (AvgIpc) is 3.15. The van der Waals surface area contributed by atoms with E-state index in [4.69, 9.17) is 0 Å². The molecule has 0 aromatic rings. The van der Waals surface area contributed by atoms with Gasteiger partial charge < -0.3 is 28.8 Å². The largest absolute Gasteiger partial charge is 3.00 e. The Bertz CT molecular complexity index is 827. The Morgan fingerprint density at radius 1 is 0.132 bits per heavy atom. The molecule has 0 spiro atoms. The van der Waals surface area contributed by atoms with E-state index in [9.17, 15) is 28.8 Å². The van der Waals surface area contributed by atoms with Gasteiger partial charge in [0.15, 0.2) is 0 Å². The molecule has 0 aliphatic carbocycles. The third-order valence-corrected chi connectivity index (χ3v) is 48.7. The van der Waals surface area contributed by atoms with Gasteiger partial charge in [-0.05, 0) is 49.9 Å². The molecule has 0 aromatic carbocycles. The van der Waals surface area contributed by atoms with Gasteiger partial charge in [0.05, 0.1) is 0 Å². The molecule has 0 heterocycles. The van der Waals surface area contributed by atoms with E-state index >= 15 is 0 Å². The quantitative estimate of drug-likeness (QED) is 0.125. The summed E-state index contributed by atoms with van der Waals surface area (Å²) in [5.74, 6) is 0. The maximum Gasteiger partial charge on any atom is 3.00 e. The summed E-state index contributed by atoms with van der Waals surface area (Å²) in [7, 11) is -13.4. The van der Waals surface area contributed by atoms with Gasteiger partial charge in [-0.1, -0.05) is 349 Å². The van der Waals surface area contributed by atoms with Crippen LogP contribution in [0, 0.1) is 83.5 Å². The van der Waals surface area contributed by atoms with Crippen LogP contribution in [0.2, 0.25) is 99.7 Å². The third-order valence-electron chi connectivity index (χ3n) is 16.2. The Morgan fingerprint density at radius 2 is 0.162 bits per heavy atom. The molecule has 0 fully saturated rings. The molecule has 0 rings (SSSR count). The number of hydrogen-bond donors (Lipinski definition) is 0. The van der Waals surface area contributed by atoms with Gasteiger partial charge in [-0.3, -0.25) is 0 Å². The second kappa shape index (κ2) is 39.2. The van der Waals surface area contributed by atoms with E-state index in [1.807, 2.05) is 0 Å². The normalized spacial score (nSPS) is 13.2. The third kappa shape index (κ3) is 26.4. The SMILES string of the molecule is CC(C)[Si]([O-])(C(C)C)C(C)C.CC(C)[Si]([O-])(C(C)C)C(C)C.CC(C)[Si]([O-])(C(C)C)C(C)C.CC(C)[Si]([O-])(C(C)C)C(C)C.CC(C)[Si]([O-])(C(C)C)C(C)C.CC(C)[Si]([O-])(C(C)C)C(C)C.[Ce+3].[Ce+3]. The van der Waals surface area contributed by atoms with Crippen molar-refractivity contribution in [3.05, 3.63) is 0 Å². The molecule has 0 saturated carbocycles. The summed E-state index contributed by atoms with van der Waals surface area (Å²) in [6, 6.07) is 0. The van der Waals surface area contributed by atoms with Crippen LogP contribution in [0.4, 0.5) is 0 Å². The first-order valence-electron chi connectivity index (χ1n) is 27.2. The van der Waals surface area contributed by atoms with Crippen LogP contribution in [-0.2, 0) is 0 Å². The molecule has 0 bridgehead atoms. The van der Waals surface area contributed by atoms with Crippen molar-refractivity contribution in [2.24, 2.45) is 0 Å². The second-order valence-corrected chi connectivity index (χ2v) is 56.9. The molecule has 0 atom stereocenters. The van der Waals surface area contributed by atoms with Gasteiger partial charge in [0, 0.05) is 0 Å². The molecule has 0 amide bonds. The zero-order valence-corrected chi connectivity index (χ0v) is 65.1. The Balaban J connectivity index is -0.000000105. The predicted molar refractivity (Wildman–Crippen MR) is 306 cm³/mol. The summed E-state index contributed by atoms with van der Waals surface area (Å²) in [6.07, 6.45) is 0. The van der Waals surface area contributed by atoms with Crippen molar-refractivity contribution in [2.45, 2.75) is 349 Å². The molecule has 0 N–H and O–H groups in total. The summed E-state index contributed by atoms with van der Waals surface area (Å²) in [6.45, 7) is 75.0. The van der Waals surface area contributed by atoms with Crippen LogP contribution >= 0.6 is 0 Å². The number of rotatable bonds is 18. The molecular weight excluding hydrogens is 1190 g/mol. The van der Waals surface area contributed by atoms with Crippen molar-refractivity contribution in [1.29, 1.82) is 0 Å².